The van der Waals surface area contributed by atoms with E-state index in [1.165, 1.54) is 25.7 Å². The van der Waals surface area contributed by atoms with Crippen molar-refractivity contribution < 1.29 is 0 Å². The molecule has 0 aromatic heterocycles. The highest BCUT2D eigenvalue weighted by Crippen LogP contribution is 2.23. The summed E-state index contributed by atoms with van der Waals surface area (Å²) in [7, 11) is 2.16. The van der Waals surface area contributed by atoms with Gasteiger partial charge >= 0.3 is 0 Å². The summed E-state index contributed by atoms with van der Waals surface area (Å²) in [6.07, 6.45) is 6.39. The number of hydrogen-bond acceptors (Lipinski definition) is 2. The number of hydrogen-bond donors (Lipinski definition) is 0. The molecule has 0 aromatic rings. The zero-order valence-corrected chi connectivity index (χ0v) is 8.79. The van der Waals surface area contributed by atoms with Crippen molar-refractivity contribution >= 4 is 0 Å². The molecule has 0 spiro atoms. The van der Waals surface area contributed by atoms with Crippen molar-refractivity contribution in [1.82, 2.24) is 4.90 Å². The first kappa shape index (κ1) is 10.5. The number of nitriles is 1. The summed E-state index contributed by atoms with van der Waals surface area (Å²) >= 11 is 0. The van der Waals surface area contributed by atoms with Crippen LogP contribution in [0.5, 0.6) is 0 Å². The molecule has 0 bridgehead atoms. The van der Waals surface area contributed by atoms with Crippen LogP contribution in [0.2, 0.25) is 0 Å². The van der Waals surface area contributed by atoms with E-state index in [0.717, 1.165) is 19.0 Å². The van der Waals surface area contributed by atoms with Crippen molar-refractivity contribution in [1.29, 1.82) is 5.26 Å². The van der Waals surface area contributed by atoms with Crippen molar-refractivity contribution in [2.24, 2.45) is 5.92 Å². The lowest BCUT2D eigenvalue weighted by atomic mass is 10.1. The number of nitrogens with zero attached hydrogens (tertiary/aromatic N) is 2. The van der Waals surface area contributed by atoms with Crippen LogP contribution in [0, 0.1) is 17.2 Å². The lowest BCUT2D eigenvalue weighted by molar-refractivity contribution is 0.223. The Morgan fingerprint density at radius 2 is 2.08 bits per heavy atom. The summed E-state index contributed by atoms with van der Waals surface area (Å²) in [5.74, 6) is 0.227. The van der Waals surface area contributed by atoms with Crippen LogP contribution in [-0.4, -0.2) is 24.5 Å². The molecular weight excluding hydrogens is 160 g/mol. The van der Waals surface area contributed by atoms with Crippen LogP contribution in [-0.2, 0) is 0 Å². The van der Waals surface area contributed by atoms with Gasteiger partial charge < -0.3 is 4.90 Å². The Morgan fingerprint density at radius 3 is 2.54 bits per heavy atom. The van der Waals surface area contributed by atoms with Crippen molar-refractivity contribution in [2.45, 2.75) is 45.1 Å². The molecule has 0 amide bonds. The summed E-state index contributed by atoms with van der Waals surface area (Å²) < 4.78 is 0. The smallest absolute Gasteiger partial charge is 0.0669 e. The van der Waals surface area contributed by atoms with Crippen LogP contribution in [0.1, 0.15) is 39.0 Å². The van der Waals surface area contributed by atoms with E-state index in [0.29, 0.717) is 0 Å². The molecule has 2 heteroatoms. The highest BCUT2D eigenvalue weighted by Gasteiger charge is 2.21. The highest BCUT2D eigenvalue weighted by atomic mass is 15.1. The van der Waals surface area contributed by atoms with E-state index in [-0.39, 0.29) is 5.92 Å². The maximum absolute atomic E-state index is 8.84. The van der Waals surface area contributed by atoms with Gasteiger partial charge in [-0.3, -0.25) is 0 Å². The second-order valence-electron chi connectivity index (χ2n) is 4.11. The molecule has 0 saturated heterocycles. The Balaban J connectivity index is 2.30. The Hall–Kier alpha value is -0.550. The quantitative estimate of drug-likeness (QED) is 0.664. The van der Waals surface area contributed by atoms with Crippen molar-refractivity contribution in [2.75, 3.05) is 13.6 Å². The Bertz CT molecular complexity index is 177. The first-order valence-corrected chi connectivity index (χ1v) is 5.37. The lowest BCUT2D eigenvalue weighted by Gasteiger charge is -2.25. The highest BCUT2D eigenvalue weighted by molar-refractivity contribution is 4.86. The minimum Gasteiger partial charge on any atom is -0.302 e. The van der Waals surface area contributed by atoms with Gasteiger partial charge in [-0.1, -0.05) is 19.8 Å². The summed E-state index contributed by atoms with van der Waals surface area (Å²) in [6, 6.07) is 3.12. The van der Waals surface area contributed by atoms with E-state index in [2.05, 4.69) is 24.9 Å². The van der Waals surface area contributed by atoms with E-state index in [4.69, 9.17) is 5.26 Å². The molecule has 0 heterocycles. The minimum atomic E-state index is 0.227. The summed E-state index contributed by atoms with van der Waals surface area (Å²) in [4.78, 5) is 2.38. The molecule has 0 N–H and O–H groups in total. The fourth-order valence-corrected chi connectivity index (χ4v) is 2.10. The van der Waals surface area contributed by atoms with Gasteiger partial charge in [0.25, 0.3) is 0 Å². The molecule has 2 nitrogen and oxygen atoms in total. The summed E-state index contributed by atoms with van der Waals surface area (Å²) in [6.45, 7) is 3.05. The van der Waals surface area contributed by atoms with E-state index in [1.807, 2.05) is 0 Å². The van der Waals surface area contributed by atoms with Crippen molar-refractivity contribution in [3.05, 3.63) is 0 Å². The summed E-state index contributed by atoms with van der Waals surface area (Å²) in [5.41, 5.74) is 0. The van der Waals surface area contributed by atoms with Gasteiger partial charge in [0.1, 0.15) is 0 Å². The third-order valence-corrected chi connectivity index (χ3v) is 3.13. The average Bonchev–Trinajstić information content (AvgIpc) is 2.66. The predicted molar refractivity (Wildman–Crippen MR) is 54.3 cm³/mol. The predicted octanol–water partition coefficient (Wildman–Crippen LogP) is 2.41. The SMILES string of the molecule is CCC(C#N)CN(C)C1CCCC1. The van der Waals surface area contributed by atoms with Crippen LogP contribution in [0.25, 0.3) is 0 Å². The molecule has 1 fully saturated rings. The fourth-order valence-electron chi connectivity index (χ4n) is 2.10. The second kappa shape index (κ2) is 5.24. The van der Waals surface area contributed by atoms with Gasteiger partial charge in [0, 0.05) is 12.6 Å². The van der Waals surface area contributed by atoms with Crippen molar-refractivity contribution in [3.63, 3.8) is 0 Å². The average molecular weight is 180 g/mol. The van der Waals surface area contributed by atoms with Gasteiger partial charge in [0.15, 0.2) is 0 Å². The molecule has 74 valence electrons. The number of rotatable bonds is 4. The molecule has 13 heavy (non-hydrogen) atoms. The Labute approximate surface area is 81.5 Å². The minimum absolute atomic E-state index is 0.227. The molecule has 1 aliphatic carbocycles. The van der Waals surface area contributed by atoms with Crippen LogP contribution in [0.4, 0.5) is 0 Å². The van der Waals surface area contributed by atoms with Gasteiger partial charge in [0.2, 0.25) is 0 Å². The van der Waals surface area contributed by atoms with E-state index in [9.17, 15) is 0 Å². The maximum Gasteiger partial charge on any atom is 0.0669 e. The van der Waals surface area contributed by atoms with Crippen LogP contribution in [0.3, 0.4) is 0 Å². The standard InChI is InChI=1S/C11H20N2/c1-3-10(8-12)9-13(2)11-6-4-5-7-11/h10-11H,3-7,9H2,1-2H3. The maximum atomic E-state index is 8.84. The zero-order chi connectivity index (χ0) is 9.68. The molecule has 1 atom stereocenters. The monoisotopic (exact) mass is 180 g/mol. The molecule has 0 aromatic carbocycles. The Morgan fingerprint density at radius 1 is 1.46 bits per heavy atom. The van der Waals surface area contributed by atoms with Crippen molar-refractivity contribution in [3.8, 4) is 6.07 Å². The molecule has 1 aliphatic rings. The van der Waals surface area contributed by atoms with Crippen LogP contribution < -0.4 is 0 Å². The molecular formula is C11H20N2. The van der Waals surface area contributed by atoms with E-state index in [1.54, 1.807) is 0 Å². The topological polar surface area (TPSA) is 27.0 Å². The van der Waals surface area contributed by atoms with Gasteiger partial charge in [-0.05, 0) is 26.3 Å². The molecule has 1 unspecified atom stereocenters. The van der Waals surface area contributed by atoms with Gasteiger partial charge in [0.05, 0.1) is 12.0 Å². The van der Waals surface area contributed by atoms with E-state index >= 15 is 0 Å². The fraction of sp³-hybridized carbons (Fsp3) is 0.909. The molecule has 0 radical (unpaired) electrons. The first-order chi connectivity index (χ1) is 6.27. The Kier molecular flexibility index (Phi) is 4.24. The van der Waals surface area contributed by atoms with Crippen LogP contribution in [0.15, 0.2) is 0 Å². The van der Waals surface area contributed by atoms with Crippen LogP contribution >= 0.6 is 0 Å². The third-order valence-electron chi connectivity index (χ3n) is 3.13. The zero-order valence-electron chi connectivity index (χ0n) is 8.79. The third kappa shape index (κ3) is 3.00. The normalized spacial score (nSPS) is 20.5. The van der Waals surface area contributed by atoms with Gasteiger partial charge in [-0.15, -0.1) is 0 Å². The van der Waals surface area contributed by atoms with E-state index < -0.39 is 0 Å². The second-order valence-corrected chi connectivity index (χ2v) is 4.11. The first-order valence-electron chi connectivity index (χ1n) is 5.37. The molecule has 1 saturated carbocycles. The van der Waals surface area contributed by atoms with Gasteiger partial charge in [-0.2, -0.15) is 5.26 Å². The molecule has 1 rings (SSSR count). The molecule has 0 aliphatic heterocycles. The lowest BCUT2D eigenvalue weighted by Crippen LogP contribution is -2.33. The largest absolute Gasteiger partial charge is 0.302 e. The summed E-state index contributed by atoms with van der Waals surface area (Å²) in [5, 5.41) is 8.84. The van der Waals surface area contributed by atoms with Gasteiger partial charge in [-0.25, -0.2) is 0 Å².